The maximum Gasteiger partial charge on any atom is 0.319 e. The molecule has 160 valence electrons. The van der Waals surface area contributed by atoms with E-state index in [1.807, 2.05) is 4.90 Å². The zero-order chi connectivity index (χ0) is 21.6. The molecule has 2 aromatic carbocycles. The van der Waals surface area contributed by atoms with Crippen molar-refractivity contribution in [1.29, 1.82) is 0 Å². The number of piperidine rings is 1. The van der Waals surface area contributed by atoms with Gasteiger partial charge in [0.15, 0.2) is 9.84 Å². The predicted molar refractivity (Wildman–Crippen MR) is 115 cm³/mol. The first kappa shape index (κ1) is 22.0. The number of nitrogens with one attached hydrogen (secondary N) is 2. The Bertz CT molecular complexity index is 970. The first-order valence-corrected chi connectivity index (χ1v) is 11.4. The van der Waals surface area contributed by atoms with E-state index < -0.39 is 21.2 Å². The van der Waals surface area contributed by atoms with Crippen molar-refractivity contribution in [1.82, 2.24) is 10.2 Å². The number of rotatable bonds is 7. The molecule has 0 aliphatic carbocycles. The number of likely N-dealkylation sites (tertiary alicyclic amines) is 1. The smallest absolute Gasteiger partial charge is 0.319 e. The summed E-state index contributed by atoms with van der Waals surface area (Å²) in [6.45, 7) is 5.45. The third-order valence-corrected chi connectivity index (χ3v) is 7.13. The maximum absolute atomic E-state index is 13.0. The molecule has 0 radical (unpaired) electrons. The van der Waals surface area contributed by atoms with Crippen LogP contribution in [0.4, 0.5) is 14.9 Å². The van der Waals surface area contributed by atoms with Crippen LogP contribution in [0.2, 0.25) is 0 Å². The largest absolute Gasteiger partial charge is 0.334 e. The van der Waals surface area contributed by atoms with E-state index in [1.165, 1.54) is 30.3 Å². The van der Waals surface area contributed by atoms with Crippen LogP contribution in [-0.4, -0.2) is 37.8 Å². The number of amides is 2. The van der Waals surface area contributed by atoms with Gasteiger partial charge in [0.2, 0.25) is 0 Å². The van der Waals surface area contributed by atoms with Gasteiger partial charge in [0.1, 0.15) is 11.2 Å². The molecule has 8 heteroatoms. The molecule has 1 heterocycles. The average Bonchev–Trinajstić information content (AvgIpc) is 2.75. The number of benzene rings is 2. The minimum Gasteiger partial charge on any atom is -0.334 e. The molecule has 1 aliphatic heterocycles. The van der Waals surface area contributed by atoms with Gasteiger partial charge in [-0.25, -0.2) is 17.6 Å². The Labute approximate surface area is 176 Å². The van der Waals surface area contributed by atoms with Gasteiger partial charge in [-0.2, -0.15) is 0 Å². The summed E-state index contributed by atoms with van der Waals surface area (Å²) in [5.74, 6) is -0.336. The highest BCUT2D eigenvalue weighted by molar-refractivity contribution is 7.92. The maximum atomic E-state index is 13.0. The third kappa shape index (κ3) is 5.46. The SMILES string of the molecule is C=CC(N1CCCCC1)S(=O)(=O)c1ccc(NC(=O)NCc2ccc(F)cc2)cc1. The third-order valence-electron chi connectivity index (χ3n) is 5.08. The van der Waals surface area contributed by atoms with Gasteiger partial charge in [0.05, 0.1) is 4.90 Å². The average molecular weight is 432 g/mol. The van der Waals surface area contributed by atoms with Gasteiger partial charge in [-0.3, -0.25) is 4.90 Å². The van der Waals surface area contributed by atoms with Crippen molar-refractivity contribution >= 4 is 21.6 Å². The van der Waals surface area contributed by atoms with E-state index in [9.17, 15) is 17.6 Å². The molecule has 0 spiro atoms. The van der Waals surface area contributed by atoms with Crippen LogP contribution in [0.3, 0.4) is 0 Å². The van der Waals surface area contributed by atoms with Crippen molar-refractivity contribution in [2.45, 2.75) is 36.1 Å². The molecule has 1 unspecified atom stereocenters. The number of carbonyl (C=O) groups excluding carboxylic acids is 1. The monoisotopic (exact) mass is 431 g/mol. The van der Waals surface area contributed by atoms with Gasteiger partial charge < -0.3 is 10.6 Å². The Kier molecular flexibility index (Phi) is 7.23. The quantitative estimate of drug-likeness (QED) is 0.652. The number of carbonyl (C=O) groups is 1. The van der Waals surface area contributed by atoms with E-state index in [2.05, 4.69) is 17.2 Å². The van der Waals surface area contributed by atoms with Crippen molar-refractivity contribution in [2.75, 3.05) is 18.4 Å². The highest BCUT2D eigenvalue weighted by Gasteiger charge is 2.31. The zero-order valence-electron chi connectivity index (χ0n) is 16.7. The standard InChI is InChI=1S/C22H26FN3O3S/c1-2-21(26-14-4-3-5-15-26)30(28,29)20-12-10-19(11-13-20)25-22(27)24-16-17-6-8-18(23)9-7-17/h2,6-13,21H,1,3-5,14-16H2,(H2,24,25,27). The molecule has 1 saturated heterocycles. The number of nitrogens with zero attached hydrogens (tertiary/aromatic N) is 1. The van der Waals surface area contributed by atoms with Gasteiger partial charge in [0.25, 0.3) is 0 Å². The number of hydrogen-bond donors (Lipinski definition) is 2. The summed E-state index contributed by atoms with van der Waals surface area (Å²) >= 11 is 0. The Morgan fingerprint density at radius 2 is 1.70 bits per heavy atom. The van der Waals surface area contributed by atoms with E-state index in [0.717, 1.165) is 37.9 Å². The lowest BCUT2D eigenvalue weighted by Gasteiger charge is -2.32. The van der Waals surface area contributed by atoms with Crippen LogP contribution in [0.25, 0.3) is 0 Å². The highest BCUT2D eigenvalue weighted by Crippen LogP contribution is 2.24. The molecular formula is C22H26FN3O3S. The normalized spacial score (nSPS) is 15.9. The lowest BCUT2D eigenvalue weighted by Crippen LogP contribution is -2.42. The summed E-state index contributed by atoms with van der Waals surface area (Å²) < 4.78 is 39.0. The van der Waals surface area contributed by atoms with Gasteiger partial charge in [-0.1, -0.05) is 24.6 Å². The molecule has 2 N–H and O–H groups in total. The van der Waals surface area contributed by atoms with Crippen LogP contribution in [0.5, 0.6) is 0 Å². The predicted octanol–water partition coefficient (Wildman–Crippen LogP) is 3.92. The summed E-state index contributed by atoms with van der Waals surface area (Å²) in [5, 5.41) is 4.58. The van der Waals surface area contributed by atoms with Crippen LogP contribution in [0, 0.1) is 5.82 Å². The fourth-order valence-electron chi connectivity index (χ4n) is 3.47. The molecule has 0 saturated carbocycles. The highest BCUT2D eigenvalue weighted by atomic mass is 32.2. The van der Waals surface area contributed by atoms with Crippen molar-refractivity contribution in [3.05, 3.63) is 72.6 Å². The van der Waals surface area contributed by atoms with Gasteiger partial charge >= 0.3 is 6.03 Å². The molecule has 30 heavy (non-hydrogen) atoms. The Balaban J connectivity index is 1.61. The summed E-state index contributed by atoms with van der Waals surface area (Å²) in [7, 11) is -3.60. The van der Waals surface area contributed by atoms with Crippen LogP contribution in [0.1, 0.15) is 24.8 Å². The molecule has 2 aromatic rings. The Hall–Kier alpha value is -2.71. The van der Waals surface area contributed by atoms with E-state index in [4.69, 9.17) is 0 Å². The molecule has 1 atom stereocenters. The van der Waals surface area contributed by atoms with Crippen LogP contribution >= 0.6 is 0 Å². The van der Waals surface area contributed by atoms with E-state index in [-0.39, 0.29) is 17.3 Å². The van der Waals surface area contributed by atoms with Crippen LogP contribution in [0.15, 0.2) is 66.1 Å². The van der Waals surface area contributed by atoms with Crippen LogP contribution < -0.4 is 10.6 Å². The first-order valence-electron chi connectivity index (χ1n) is 9.90. The summed E-state index contributed by atoms with van der Waals surface area (Å²) in [6, 6.07) is 11.5. The van der Waals surface area contributed by atoms with E-state index >= 15 is 0 Å². The number of anilines is 1. The summed E-state index contributed by atoms with van der Waals surface area (Å²) in [4.78, 5) is 14.2. The van der Waals surface area contributed by atoms with Crippen LogP contribution in [-0.2, 0) is 16.4 Å². The fraction of sp³-hybridized carbons (Fsp3) is 0.318. The van der Waals surface area contributed by atoms with Gasteiger partial charge in [0, 0.05) is 12.2 Å². The molecular weight excluding hydrogens is 405 g/mol. The van der Waals surface area contributed by atoms with Gasteiger partial charge in [-0.05, 0) is 67.9 Å². The lowest BCUT2D eigenvalue weighted by atomic mass is 10.1. The molecule has 1 fully saturated rings. The first-order chi connectivity index (χ1) is 14.4. The number of halogens is 1. The second-order valence-electron chi connectivity index (χ2n) is 7.23. The number of urea groups is 1. The fourth-order valence-corrected chi connectivity index (χ4v) is 5.12. The summed E-state index contributed by atoms with van der Waals surface area (Å²) in [6.07, 6.45) is 4.56. The zero-order valence-corrected chi connectivity index (χ0v) is 17.5. The second-order valence-corrected chi connectivity index (χ2v) is 9.27. The Morgan fingerprint density at radius 3 is 2.30 bits per heavy atom. The molecule has 0 aromatic heterocycles. The topological polar surface area (TPSA) is 78.5 Å². The minimum absolute atomic E-state index is 0.190. The second kappa shape index (κ2) is 9.86. The van der Waals surface area contributed by atoms with E-state index in [1.54, 1.807) is 24.3 Å². The van der Waals surface area contributed by atoms with Crippen molar-refractivity contribution in [3.8, 4) is 0 Å². The molecule has 2 amide bonds. The van der Waals surface area contributed by atoms with Gasteiger partial charge in [-0.15, -0.1) is 6.58 Å². The number of hydrogen-bond acceptors (Lipinski definition) is 4. The molecule has 0 bridgehead atoms. The lowest BCUT2D eigenvalue weighted by molar-refractivity contribution is 0.229. The van der Waals surface area contributed by atoms with Crippen molar-refractivity contribution < 1.29 is 17.6 Å². The Morgan fingerprint density at radius 1 is 1.07 bits per heavy atom. The van der Waals surface area contributed by atoms with Crippen molar-refractivity contribution in [3.63, 3.8) is 0 Å². The minimum atomic E-state index is -3.60. The molecule has 1 aliphatic rings. The van der Waals surface area contributed by atoms with E-state index in [0.29, 0.717) is 5.69 Å². The number of sulfone groups is 1. The molecule has 3 rings (SSSR count). The summed E-state index contributed by atoms with van der Waals surface area (Å²) in [5.41, 5.74) is 1.24. The molecule has 6 nitrogen and oxygen atoms in total. The van der Waals surface area contributed by atoms with Crippen molar-refractivity contribution in [2.24, 2.45) is 0 Å².